The highest BCUT2D eigenvalue weighted by Crippen LogP contribution is 2.23. The van der Waals surface area contributed by atoms with Crippen molar-refractivity contribution in [1.29, 1.82) is 0 Å². The van der Waals surface area contributed by atoms with Crippen molar-refractivity contribution in [3.05, 3.63) is 59.3 Å². The van der Waals surface area contributed by atoms with Crippen LogP contribution in [0.25, 0.3) is 0 Å². The summed E-state index contributed by atoms with van der Waals surface area (Å²) in [5, 5.41) is 5.94. The first kappa shape index (κ1) is 20.1. The van der Waals surface area contributed by atoms with Crippen LogP contribution in [0, 0.1) is 6.92 Å². The summed E-state index contributed by atoms with van der Waals surface area (Å²) in [4.78, 5) is 18.9. The summed E-state index contributed by atoms with van der Waals surface area (Å²) < 4.78 is 5.39. The molecule has 6 nitrogen and oxygen atoms in total. The van der Waals surface area contributed by atoms with E-state index in [-0.39, 0.29) is 11.4 Å². The molecule has 2 N–H and O–H groups in total. The van der Waals surface area contributed by atoms with Gasteiger partial charge in [-0.25, -0.2) is 9.78 Å². The van der Waals surface area contributed by atoms with Gasteiger partial charge in [-0.15, -0.1) is 0 Å². The van der Waals surface area contributed by atoms with Gasteiger partial charge in [-0.2, -0.15) is 0 Å². The highest BCUT2D eigenvalue weighted by Gasteiger charge is 2.21. The summed E-state index contributed by atoms with van der Waals surface area (Å²) in [6, 6.07) is 12.2. The van der Waals surface area contributed by atoms with E-state index < -0.39 is 0 Å². The maximum absolute atomic E-state index is 12.3. The zero-order valence-corrected chi connectivity index (χ0v) is 17.0. The standard InChI is InChI=1S/C22H30N4O2/c1-17-5-4-6-19(13-17)22(2,3)16-25-21(27)24-15-18-7-8-23-20(14-18)26-9-11-28-12-10-26/h4-8,13-14H,9-12,15-16H2,1-3H3,(H2,24,25,27). The maximum atomic E-state index is 12.3. The fourth-order valence-corrected chi connectivity index (χ4v) is 3.25. The molecule has 1 aliphatic heterocycles. The van der Waals surface area contributed by atoms with Crippen molar-refractivity contribution < 1.29 is 9.53 Å². The summed E-state index contributed by atoms with van der Waals surface area (Å²) in [5.74, 6) is 0.934. The van der Waals surface area contributed by atoms with Gasteiger partial charge in [0, 0.05) is 37.8 Å². The molecule has 0 radical (unpaired) electrons. The third-order valence-electron chi connectivity index (χ3n) is 5.09. The first-order valence-electron chi connectivity index (χ1n) is 9.80. The number of carbonyl (C=O) groups excluding carboxylic acids is 1. The molecule has 2 heterocycles. The van der Waals surface area contributed by atoms with Crippen LogP contribution in [0.4, 0.5) is 10.6 Å². The smallest absolute Gasteiger partial charge is 0.315 e. The zero-order valence-electron chi connectivity index (χ0n) is 17.0. The second kappa shape index (κ2) is 9.06. The summed E-state index contributed by atoms with van der Waals surface area (Å²) in [7, 11) is 0. The van der Waals surface area contributed by atoms with Crippen LogP contribution in [0.5, 0.6) is 0 Å². The molecular formula is C22H30N4O2. The topological polar surface area (TPSA) is 66.5 Å². The molecule has 0 spiro atoms. The minimum absolute atomic E-state index is 0.135. The second-order valence-corrected chi connectivity index (χ2v) is 7.91. The van der Waals surface area contributed by atoms with Crippen LogP contribution in [0.2, 0.25) is 0 Å². The number of urea groups is 1. The van der Waals surface area contributed by atoms with Gasteiger partial charge in [-0.3, -0.25) is 0 Å². The molecule has 1 saturated heterocycles. The molecule has 3 rings (SSSR count). The van der Waals surface area contributed by atoms with Gasteiger partial charge >= 0.3 is 6.03 Å². The number of aryl methyl sites for hydroxylation is 1. The predicted octanol–water partition coefficient (Wildman–Crippen LogP) is 3.00. The minimum Gasteiger partial charge on any atom is -0.378 e. The van der Waals surface area contributed by atoms with Crippen molar-refractivity contribution in [3.8, 4) is 0 Å². The lowest BCUT2D eigenvalue weighted by Crippen LogP contribution is -2.42. The maximum Gasteiger partial charge on any atom is 0.315 e. The molecule has 0 aliphatic carbocycles. The molecule has 2 aromatic rings. The van der Waals surface area contributed by atoms with E-state index in [1.54, 1.807) is 6.20 Å². The number of pyridine rings is 1. The van der Waals surface area contributed by atoms with Gasteiger partial charge in [-0.1, -0.05) is 43.7 Å². The summed E-state index contributed by atoms with van der Waals surface area (Å²) in [5.41, 5.74) is 3.34. The Morgan fingerprint density at radius 1 is 1.18 bits per heavy atom. The van der Waals surface area contributed by atoms with E-state index in [9.17, 15) is 4.79 Å². The van der Waals surface area contributed by atoms with Gasteiger partial charge in [0.05, 0.1) is 13.2 Å². The second-order valence-electron chi connectivity index (χ2n) is 7.91. The fraction of sp³-hybridized carbons (Fsp3) is 0.455. The van der Waals surface area contributed by atoms with Gasteiger partial charge in [0.15, 0.2) is 0 Å². The van der Waals surface area contributed by atoms with Gasteiger partial charge in [0.1, 0.15) is 5.82 Å². The summed E-state index contributed by atoms with van der Waals surface area (Å²) >= 11 is 0. The number of rotatable bonds is 6. The lowest BCUT2D eigenvalue weighted by Gasteiger charge is -2.28. The molecule has 28 heavy (non-hydrogen) atoms. The summed E-state index contributed by atoms with van der Waals surface area (Å²) in [6.45, 7) is 10.5. The lowest BCUT2D eigenvalue weighted by atomic mass is 9.84. The zero-order chi connectivity index (χ0) is 20.0. The number of benzene rings is 1. The van der Waals surface area contributed by atoms with Crippen LogP contribution < -0.4 is 15.5 Å². The molecule has 0 saturated carbocycles. The van der Waals surface area contributed by atoms with E-state index >= 15 is 0 Å². The Kier molecular flexibility index (Phi) is 6.52. The van der Waals surface area contributed by atoms with E-state index in [4.69, 9.17) is 4.74 Å². The molecule has 6 heteroatoms. The molecule has 0 bridgehead atoms. The number of nitrogens with one attached hydrogen (secondary N) is 2. The largest absolute Gasteiger partial charge is 0.378 e. The highest BCUT2D eigenvalue weighted by molar-refractivity contribution is 5.74. The van der Waals surface area contributed by atoms with Gasteiger partial charge < -0.3 is 20.3 Å². The molecular weight excluding hydrogens is 352 g/mol. The molecule has 150 valence electrons. The number of morpholine rings is 1. The third kappa shape index (κ3) is 5.45. The summed E-state index contributed by atoms with van der Waals surface area (Å²) in [6.07, 6.45) is 1.79. The van der Waals surface area contributed by atoms with Crippen LogP contribution in [0.3, 0.4) is 0 Å². The van der Waals surface area contributed by atoms with Gasteiger partial charge in [0.2, 0.25) is 0 Å². The number of carbonyl (C=O) groups is 1. The van der Waals surface area contributed by atoms with E-state index in [0.29, 0.717) is 13.1 Å². The van der Waals surface area contributed by atoms with Gasteiger partial charge in [0.25, 0.3) is 0 Å². The number of nitrogens with zero attached hydrogens (tertiary/aromatic N) is 2. The van der Waals surface area contributed by atoms with E-state index in [1.165, 1.54) is 11.1 Å². The van der Waals surface area contributed by atoms with E-state index in [0.717, 1.165) is 37.7 Å². The van der Waals surface area contributed by atoms with Crippen molar-refractivity contribution in [1.82, 2.24) is 15.6 Å². The van der Waals surface area contributed by atoms with Crippen LogP contribution in [0.15, 0.2) is 42.6 Å². The first-order chi connectivity index (χ1) is 13.4. The lowest BCUT2D eigenvalue weighted by molar-refractivity contribution is 0.122. The first-order valence-corrected chi connectivity index (χ1v) is 9.80. The molecule has 2 amide bonds. The van der Waals surface area contributed by atoms with Crippen LogP contribution in [-0.4, -0.2) is 43.9 Å². The molecule has 1 aromatic carbocycles. The van der Waals surface area contributed by atoms with Crippen molar-refractivity contribution in [3.63, 3.8) is 0 Å². The fourth-order valence-electron chi connectivity index (χ4n) is 3.25. The Labute approximate surface area is 167 Å². The van der Waals surface area contributed by atoms with Crippen LogP contribution >= 0.6 is 0 Å². The Balaban J connectivity index is 1.50. The number of ether oxygens (including phenoxy) is 1. The van der Waals surface area contributed by atoms with Crippen LogP contribution in [0.1, 0.15) is 30.5 Å². The molecule has 0 unspecified atom stereocenters. The van der Waals surface area contributed by atoms with Crippen molar-refractivity contribution in [2.45, 2.75) is 32.7 Å². The highest BCUT2D eigenvalue weighted by atomic mass is 16.5. The Hall–Kier alpha value is -2.60. The SMILES string of the molecule is Cc1cccc(C(C)(C)CNC(=O)NCc2ccnc(N3CCOCC3)c2)c1. The molecule has 1 fully saturated rings. The van der Waals surface area contributed by atoms with Crippen molar-refractivity contribution in [2.75, 3.05) is 37.7 Å². The van der Waals surface area contributed by atoms with Crippen molar-refractivity contribution in [2.24, 2.45) is 0 Å². The number of hydrogen-bond acceptors (Lipinski definition) is 4. The van der Waals surface area contributed by atoms with Crippen LogP contribution in [-0.2, 0) is 16.7 Å². The predicted molar refractivity (Wildman–Crippen MR) is 112 cm³/mol. The normalized spacial score (nSPS) is 14.6. The number of amides is 2. The monoisotopic (exact) mass is 382 g/mol. The average molecular weight is 383 g/mol. The molecule has 1 aromatic heterocycles. The Morgan fingerprint density at radius 3 is 2.71 bits per heavy atom. The average Bonchev–Trinajstić information content (AvgIpc) is 2.72. The quantitative estimate of drug-likeness (QED) is 0.806. The van der Waals surface area contributed by atoms with E-state index in [2.05, 4.69) is 65.6 Å². The van der Waals surface area contributed by atoms with Gasteiger partial charge in [-0.05, 0) is 30.2 Å². The van der Waals surface area contributed by atoms with E-state index in [1.807, 2.05) is 12.1 Å². The number of hydrogen-bond donors (Lipinski definition) is 2. The number of anilines is 1. The number of aromatic nitrogens is 1. The Morgan fingerprint density at radius 2 is 1.96 bits per heavy atom. The minimum atomic E-state index is -0.162. The Bertz CT molecular complexity index is 801. The molecule has 0 atom stereocenters. The molecule has 1 aliphatic rings. The third-order valence-corrected chi connectivity index (χ3v) is 5.09. The van der Waals surface area contributed by atoms with Crippen molar-refractivity contribution >= 4 is 11.8 Å².